The molecule has 0 unspecified atom stereocenters. The van der Waals surface area contributed by atoms with Crippen LogP contribution < -0.4 is 5.32 Å². The van der Waals surface area contributed by atoms with Crippen LogP contribution in [0.15, 0.2) is 11.6 Å². The van der Waals surface area contributed by atoms with E-state index in [1.165, 1.54) is 12.7 Å². The molecule has 1 atom stereocenters. The molecule has 1 rings (SSSR count). The zero-order chi connectivity index (χ0) is 12.8. The van der Waals surface area contributed by atoms with Crippen molar-refractivity contribution in [3.63, 3.8) is 0 Å². The molecule has 1 aliphatic rings. The number of piperazine rings is 1. The van der Waals surface area contributed by atoms with Gasteiger partial charge in [-0.05, 0) is 13.8 Å². The Morgan fingerprint density at radius 2 is 2.29 bits per heavy atom. The van der Waals surface area contributed by atoms with Gasteiger partial charge in [0.25, 0.3) is 0 Å². The first-order valence-corrected chi connectivity index (χ1v) is 5.76. The van der Waals surface area contributed by atoms with E-state index in [1.54, 1.807) is 0 Å². The maximum absolute atomic E-state index is 11.7. The van der Waals surface area contributed by atoms with Gasteiger partial charge in [0.2, 0.25) is 5.91 Å². The average molecular weight is 240 g/mol. The van der Waals surface area contributed by atoms with E-state index in [2.05, 4.69) is 16.1 Å². The van der Waals surface area contributed by atoms with Gasteiger partial charge in [-0.3, -0.25) is 14.5 Å². The van der Waals surface area contributed by atoms with Crippen LogP contribution in [-0.2, 0) is 14.3 Å². The van der Waals surface area contributed by atoms with Crippen molar-refractivity contribution >= 4 is 11.9 Å². The zero-order valence-electron chi connectivity index (χ0n) is 10.7. The molecule has 1 aliphatic heterocycles. The van der Waals surface area contributed by atoms with Gasteiger partial charge >= 0.3 is 5.97 Å². The monoisotopic (exact) mass is 240 g/mol. The Balaban J connectivity index is 2.66. The Hall–Kier alpha value is -1.36. The number of esters is 1. The summed E-state index contributed by atoms with van der Waals surface area (Å²) >= 11 is 0. The highest BCUT2D eigenvalue weighted by molar-refractivity contribution is 5.87. The number of methoxy groups -OCH3 is 1. The fourth-order valence-corrected chi connectivity index (χ4v) is 1.74. The first kappa shape index (κ1) is 13.7. The fraction of sp³-hybridized carbons (Fsp3) is 0.667. The lowest BCUT2D eigenvalue weighted by Gasteiger charge is -2.33. The number of rotatable bonds is 4. The van der Waals surface area contributed by atoms with Crippen molar-refractivity contribution in [3.8, 4) is 0 Å². The topological polar surface area (TPSA) is 58.6 Å². The number of allylic oxidation sites excluding steroid dienone is 1. The quantitative estimate of drug-likeness (QED) is 0.568. The van der Waals surface area contributed by atoms with Crippen LogP contribution in [0.5, 0.6) is 0 Å². The largest absolute Gasteiger partial charge is 0.469 e. The molecule has 1 saturated heterocycles. The number of amides is 1. The lowest BCUT2D eigenvalue weighted by molar-refractivity contribution is -0.145. The van der Waals surface area contributed by atoms with E-state index in [0.29, 0.717) is 13.1 Å². The molecule has 0 aromatic carbocycles. The summed E-state index contributed by atoms with van der Waals surface area (Å²) in [5.74, 6) is -0.446. The van der Waals surface area contributed by atoms with Gasteiger partial charge in [-0.1, -0.05) is 11.6 Å². The van der Waals surface area contributed by atoms with Gasteiger partial charge in [-0.25, -0.2) is 0 Å². The van der Waals surface area contributed by atoms with E-state index in [4.69, 9.17) is 0 Å². The van der Waals surface area contributed by atoms with E-state index in [9.17, 15) is 9.59 Å². The first-order valence-electron chi connectivity index (χ1n) is 5.76. The number of hydrogen-bond acceptors (Lipinski definition) is 4. The molecule has 0 spiro atoms. The molecule has 0 aromatic rings. The molecule has 1 fully saturated rings. The highest BCUT2D eigenvalue weighted by atomic mass is 16.5. The third kappa shape index (κ3) is 4.19. The molecule has 0 saturated carbocycles. The number of nitrogens with one attached hydrogen (secondary N) is 1. The SMILES string of the molecule is COC(=O)C[C@H]1C(=O)NCCN1CC=C(C)C. The van der Waals surface area contributed by atoms with Gasteiger partial charge in [-0.15, -0.1) is 0 Å². The highest BCUT2D eigenvalue weighted by Crippen LogP contribution is 2.10. The number of ether oxygens (including phenoxy) is 1. The summed E-state index contributed by atoms with van der Waals surface area (Å²) in [6, 6.07) is -0.410. The molecule has 0 radical (unpaired) electrons. The van der Waals surface area contributed by atoms with Crippen LogP contribution in [0.4, 0.5) is 0 Å². The van der Waals surface area contributed by atoms with E-state index in [-0.39, 0.29) is 18.3 Å². The standard InChI is InChI=1S/C12H20N2O3/c1-9(2)4-6-14-7-5-13-12(16)10(14)8-11(15)17-3/h4,10H,5-8H2,1-3H3,(H,13,16)/t10-/m0/s1. The van der Waals surface area contributed by atoms with Crippen LogP contribution in [0.25, 0.3) is 0 Å². The van der Waals surface area contributed by atoms with Crippen LogP contribution in [0.2, 0.25) is 0 Å². The first-order chi connectivity index (χ1) is 8.04. The average Bonchev–Trinajstić information content (AvgIpc) is 2.29. The molecule has 5 heteroatoms. The maximum Gasteiger partial charge on any atom is 0.307 e. The third-order valence-corrected chi connectivity index (χ3v) is 2.76. The Morgan fingerprint density at radius 3 is 2.88 bits per heavy atom. The van der Waals surface area contributed by atoms with Gasteiger partial charge < -0.3 is 10.1 Å². The van der Waals surface area contributed by atoms with Crippen molar-refractivity contribution in [2.24, 2.45) is 0 Å². The van der Waals surface area contributed by atoms with Gasteiger partial charge in [0, 0.05) is 19.6 Å². The Labute approximate surface area is 102 Å². The second-order valence-electron chi connectivity index (χ2n) is 4.36. The molecular weight excluding hydrogens is 220 g/mol. The predicted molar refractivity (Wildman–Crippen MR) is 64.4 cm³/mol. The number of nitrogens with zero attached hydrogens (tertiary/aromatic N) is 1. The molecule has 0 aromatic heterocycles. The highest BCUT2D eigenvalue weighted by Gasteiger charge is 2.31. The van der Waals surface area contributed by atoms with Crippen LogP contribution in [0.3, 0.4) is 0 Å². The normalized spacial score (nSPS) is 20.6. The molecule has 1 amide bonds. The molecule has 96 valence electrons. The van der Waals surface area contributed by atoms with Crippen molar-refractivity contribution in [1.82, 2.24) is 10.2 Å². The summed E-state index contributed by atoms with van der Waals surface area (Å²) in [4.78, 5) is 25.0. The van der Waals surface area contributed by atoms with Crippen LogP contribution in [0.1, 0.15) is 20.3 Å². The van der Waals surface area contributed by atoms with Crippen molar-refractivity contribution in [3.05, 3.63) is 11.6 Å². The molecule has 0 bridgehead atoms. The number of carbonyl (C=O) groups excluding carboxylic acids is 2. The predicted octanol–water partition coefficient (Wildman–Crippen LogP) is 0.316. The molecule has 1 N–H and O–H groups in total. The summed E-state index contributed by atoms with van der Waals surface area (Å²) < 4.78 is 4.61. The van der Waals surface area contributed by atoms with E-state index in [1.807, 2.05) is 18.7 Å². The Kier molecular flexibility index (Phi) is 5.15. The summed E-state index contributed by atoms with van der Waals surface area (Å²) in [5, 5.41) is 2.77. The van der Waals surface area contributed by atoms with Crippen molar-refractivity contribution < 1.29 is 14.3 Å². The number of carbonyl (C=O) groups is 2. The van der Waals surface area contributed by atoms with E-state index in [0.717, 1.165) is 6.54 Å². The summed E-state index contributed by atoms with van der Waals surface area (Å²) in [5.41, 5.74) is 1.20. The molecule has 0 aliphatic carbocycles. The summed E-state index contributed by atoms with van der Waals surface area (Å²) in [6.45, 7) is 6.11. The summed E-state index contributed by atoms with van der Waals surface area (Å²) in [6.07, 6.45) is 2.17. The Morgan fingerprint density at radius 1 is 1.59 bits per heavy atom. The van der Waals surface area contributed by atoms with Crippen LogP contribution >= 0.6 is 0 Å². The van der Waals surface area contributed by atoms with Crippen molar-refractivity contribution in [1.29, 1.82) is 0 Å². The maximum atomic E-state index is 11.7. The molecule has 1 heterocycles. The zero-order valence-corrected chi connectivity index (χ0v) is 10.7. The van der Waals surface area contributed by atoms with E-state index >= 15 is 0 Å². The Bertz CT molecular complexity index is 322. The van der Waals surface area contributed by atoms with Crippen LogP contribution in [0, 0.1) is 0 Å². The molecular formula is C12H20N2O3. The van der Waals surface area contributed by atoms with E-state index < -0.39 is 6.04 Å². The van der Waals surface area contributed by atoms with Crippen molar-refractivity contribution in [2.45, 2.75) is 26.3 Å². The van der Waals surface area contributed by atoms with Crippen LogP contribution in [-0.4, -0.2) is 49.6 Å². The second-order valence-corrected chi connectivity index (χ2v) is 4.36. The molecule has 17 heavy (non-hydrogen) atoms. The van der Waals surface area contributed by atoms with Gasteiger partial charge in [0.05, 0.1) is 19.6 Å². The summed E-state index contributed by atoms with van der Waals surface area (Å²) in [7, 11) is 1.34. The van der Waals surface area contributed by atoms with Gasteiger partial charge in [0.1, 0.15) is 0 Å². The van der Waals surface area contributed by atoms with Gasteiger partial charge in [0.15, 0.2) is 0 Å². The van der Waals surface area contributed by atoms with Crippen molar-refractivity contribution in [2.75, 3.05) is 26.7 Å². The molecule has 5 nitrogen and oxygen atoms in total. The second kappa shape index (κ2) is 6.39. The third-order valence-electron chi connectivity index (χ3n) is 2.76. The lowest BCUT2D eigenvalue weighted by atomic mass is 10.1. The lowest BCUT2D eigenvalue weighted by Crippen LogP contribution is -2.55. The minimum Gasteiger partial charge on any atom is -0.469 e. The fourth-order valence-electron chi connectivity index (χ4n) is 1.74. The minimum absolute atomic E-state index is 0.0937. The smallest absolute Gasteiger partial charge is 0.307 e. The van der Waals surface area contributed by atoms with Gasteiger partial charge in [-0.2, -0.15) is 0 Å². The number of hydrogen-bond donors (Lipinski definition) is 1. The minimum atomic E-state index is -0.410.